The SMILES string of the molecule is O=c1ccn([C@@H]2O[C@@]3(C=CC[C@@H]3O)[C@H](OCc3ccccc3)[C@H]2O)c(=O)[nH]1. The Morgan fingerprint density at radius 1 is 1.22 bits per heavy atom. The Morgan fingerprint density at radius 3 is 2.67 bits per heavy atom. The van der Waals surface area contributed by atoms with E-state index in [4.69, 9.17) is 9.47 Å². The smallest absolute Gasteiger partial charge is 0.330 e. The monoisotopic (exact) mass is 372 g/mol. The van der Waals surface area contributed by atoms with Gasteiger partial charge in [-0.25, -0.2) is 4.79 Å². The van der Waals surface area contributed by atoms with Crippen molar-refractivity contribution in [2.45, 2.75) is 43.2 Å². The van der Waals surface area contributed by atoms with E-state index in [0.29, 0.717) is 6.42 Å². The third kappa shape index (κ3) is 3.06. The maximum atomic E-state index is 12.1. The van der Waals surface area contributed by atoms with Crippen LogP contribution >= 0.6 is 0 Å². The van der Waals surface area contributed by atoms with E-state index >= 15 is 0 Å². The van der Waals surface area contributed by atoms with Crippen molar-refractivity contribution in [2.24, 2.45) is 0 Å². The quantitative estimate of drug-likeness (QED) is 0.655. The molecule has 0 bridgehead atoms. The van der Waals surface area contributed by atoms with Crippen LogP contribution in [0.4, 0.5) is 0 Å². The molecule has 1 fully saturated rings. The molecule has 0 saturated carbocycles. The molecule has 2 heterocycles. The fourth-order valence-corrected chi connectivity index (χ4v) is 3.68. The fourth-order valence-electron chi connectivity index (χ4n) is 3.68. The van der Waals surface area contributed by atoms with Crippen LogP contribution in [-0.2, 0) is 16.1 Å². The molecule has 1 aromatic heterocycles. The molecule has 0 radical (unpaired) electrons. The molecule has 8 nitrogen and oxygen atoms in total. The minimum atomic E-state index is -1.27. The summed E-state index contributed by atoms with van der Waals surface area (Å²) in [6.45, 7) is 0.210. The highest BCUT2D eigenvalue weighted by molar-refractivity contribution is 5.23. The van der Waals surface area contributed by atoms with E-state index in [0.717, 1.165) is 10.1 Å². The molecule has 1 aliphatic carbocycles. The summed E-state index contributed by atoms with van der Waals surface area (Å²) in [5.41, 5.74) is -1.62. The van der Waals surface area contributed by atoms with E-state index in [-0.39, 0.29) is 6.61 Å². The lowest BCUT2D eigenvalue weighted by atomic mass is 9.92. The van der Waals surface area contributed by atoms with E-state index in [9.17, 15) is 19.8 Å². The van der Waals surface area contributed by atoms with Crippen LogP contribution in [0.5, 0.6) is 0 Å². The molecule has 8 heteroatoms. The third-order valence-corrected chi connectivity index (χ3v) is 5.03. The largest absolute Gasteiger partial charge is 0.389 e. The molecule has 1 aromatic carbocycles. The van der Waals surface area contributed by atoms with Crippen LogP contribution in [0.25, 0.3) is 0 Å². The van der Waals surface area contributed by atoms with Gasteiger partial charge in [0.1, 0.15) is 17.8 Å². The van der Waals surface area contributed by atoms with E-state index in [1.807, 2.05) is 30.3 Å². The van der Waals surface area contributed by atoms with Gasteiger partial charge >= 0.3 is 5.69 Å². The minimum Gasteiger partial charge on any atom is -0.389 e. The molecule has 1 spiro atoms. The number of benzene rings is 1. The van der Waals surface area contributed by atoms with Gasteiger partial charge in [0, 0.05) is 12.3 Å². The third-order valence-electron chi connectivity index (χ3n) is 5.03. The molecule has 2 aromatic rings. The summed E-state index contributed by atoms with van der Waals surface area (Å²) < 4.78 is 13.0. The highest BCUT2D eigenvalue weighted by atomic mass is 16.6. The van der Waals surface area contributed by atoms with E-state index < -0.39 is 41.4 Å². The van der Waals surface area contributed by atoms with Gasteiger partial charge in [-0.05, 0) is 12.0 Å². The van der Waals surface area contributed by atoms with Gasteiger partial charge in [0.2, 0.25) is 0 Å². The van der Waals surface area contributed by atoms with Crippen LogP contribution in [0.2, 0.25) is 0 Å². The Morgan fingerprint density at radius 2 is 2.00 bits per heavy atom. The molecule has 27 heavy (non-hydrogen) atoms. The zero-order chi connectivity index (χ0) is 19.0. The lowest BCUT2D eigenvalue weighted by Crippen LogP contribution is -2.50. The molecule has 4 rings (SSSR count). The van der Waals surface area contributed by atoms with Gasteiger partial charge in [0.25, 0.3) is 5.56 Å². The summed E-state index contributed by atoms with van der Waals surface area (Å²) in [5.74, 6) is 0. The standard InChI is InChI=1S/C19H20N2O6/c22-13-7-4-9-19(13)16(26-11-12-5-2-1-3-6-12)15(24)17(27-19)21-10-8-14(23)20-18(21)25/h1-6,8-10,13,15-17,22,24H,7,11H2,(H,20,23,25)/t13-,15+,16+,17+,19+/m0/s1. The number of nitrogens with zero attached hydrogens (tertiary/aromatic N) is 1. The van der Waals surface area contributed by atoms with Gasteiger partial charge in [-0.2, -0.15) is 0 Å². The average molecular weight is 372 g/mol. The molecular weight excluding hydrogens is 352 g/mol. The first-order chi connectivity index (χ1) is 13.0. The van der Waals surface area contributed by atoms with Crippen LogP contribution in [0.3, 0.4) is 0 Å². The lowest BCUT2D eigenvalue weighted by molar-refractivity contribution is -0.141. The second-order valence-corrected chi connectivity index (χ2v) is 6.74. The second-order valence-electron chi connectivity index (χ2n) is 6.74. The van der Waals surface area contributed by atoms with Crippen LogP contribution in [0.1, 0.15) is 18.2 Å². The molecule has 142 valence electrons. The molecule has 5 atom stereocenters. The first-order valence-electron chi connectivity index (χ1n) is 8.70. The van der Waals surface area contributed by atoms with Gasteiger partial charge in [0.15, 0.2) is 6.23 Å². The van der Waals surface area contributed by atoms with Crippen LogP contribution in [0.15, 0.2) is 64.3 Å². The van der Waals surface area contributed by atoms with E-state index in [2.05, 4.69) is 4.98 Å². The number of aromatic nitrogens is 2. The van der Waals surface area contributed by atoms with Crippen molar-refractivity contribution in [3.63, 3.8) is 0 Å². The summed E-state index contributed by atoms with van der Waals surface area (Å²) in [4.78, 5) is 25.6. The van der Waals surface area contributed by atoms with Crippen molar-refractivity contribution in [2.75, 3.05) is 0 Å². The first-order valence-corrected chi connectivity index (χ1v) is 8.70. The summed E-state index contributed by atoms with van der Waals surface area (Å²) >= 11 is 0. The van der Waals surface area contributed by atoms with Crippen LogP contribution in [-0.4, -0.2) is 43.7 Å². The minimum absolute atomic E-state index is 0.210. The van der Waals surface area contributed by atoms with Crippen LogP contribution < -0.4 is 11.2 Å². The van der Waals surface area contributed by atoms with Crippen molar-refractivity contribution in [1.29, 1.82) is 0 Å². The fraction of sp³-hybridized carbons (Fsp3) is 0.368. The first kappa shape index (κ1) is 17.9. The number of hydrogen-bond acceptors (Lipinski definition) is 6. The number of aliphatic hydroxyl groups is 2. The summed E-state index contributed by atoms with van der Waals surface area (Å²) in [6.07, 6.45) is 0.897. The Bertz CT molecular complexity index is 952. The van der Waals surface area contributed by atoms with Gasteiger partial charge in [-0.1, -0.05) is 42.5 Å². The summed E-state index contributed by atoms with van der Waals surface area (Å²) in [6, 6.07) is 10.6. The summed E-state index contributed by atoms with van der Waals surface area (Å²) in [5, 5.41) is 21.4. The Hall–Kier alpha value is -2.52. The predicted octanol–water partition coefficient (Wildman–Crippen LogP) is 0.0713. The Kier molecular flexibility index (Phi) is 4.56. The van der Waals surface area contributed by atoms with Crippen molar-refractivity contribution < 1.29 is 19.7 Å². The van der Waals surface area contributed by atoms with Crippen molar-refractivity contribution in [3.05, 3.63) is 81.1 Å². The Labute approximate surface area is 154 Å². The zero-order valence-electron chi connectivity index (χ0n) is 14.4. The highest BCUT2D eigenvalue weighted by Crippen LogP contribution is 2.45. The predicted molar refractivity (Wildman–Crippen MR) is 95.0 cm³/mol. The second kappa shape index (κ2) is 6.90. The number of H-pyrrole nitrogens is 1. The maximum Gasteiger partial charge on any atom is 0.330 e. The number of nitrogens with one attached hydrogen (secondary N) is 1. The van der Waals surface area contributed by atoms with Crippen molar-refractivity contribution in [3.8, 4) is 0 Å². The zero-order valence-corrected chi connectivity index (χ0v) is 14.4. The lowest BCUT2D eigenvalue weighted by Gasteiger charge is -2.32. The van der Waals surface area contributed by atoms with Crippen molar-refractivity contribution in [1.82, 2.24) is 9.55 Å². The van der Waals surface area contributed by atoms with Gasteiger partial charge in [0.05, 0.1) is 12.7 Å². The van der Waals surface area contributed by atoms with Gasteiger partial charge in [-0.15, -0.1) is 0 Å². The maximum absolute atomic E-state index is 12.1. The topological polar surface area (TPSA) is 114 Å². The molecule has 2 aliphatic rings. The molecule has 1 saturated heterocycles. The molecule has 0 amide bonds. The average Bonchev–Trinajstić information content (AvgIpc) is 3.15. The van der Waals surface area contributed by atoms with Crippen LogP contribution in [0, 0.1) is 0 Å². The number of aliphatic hydroxyl groups excluding tert-OH is 2. The number of rotatable bonds is 4. The normalized spacial score (nSPS) is 32.4. The molecule has 3 N–H and O–H groups in total. The van der Waals surface area contributed by atoms with Crippen molar-refractivity contribution >= 4 is 0 Å². The highest BCUT2D eigenvalue weighted by Gasteiger charge is 2.60. The molecule has 0 unspecified atom stereocenters. The van der Waals surface area contributed by atoms with Gasteiger partial charge in [-0.3, -0.25) is 14.3 Å². The summed E-state index contributed by atoms with van der Waals surface area (Å²) in [7, 11) is 0. The van der Waals surface area contributed by atoms with E-state index in [1.165, 1.54) is 12.3 Å². The molecular formula is C19H20N2O6. The Balaban J connectivity index is 1.66. The number of aromatic amines is 1. The van der Waals surface area contributed by atoms with Gasteiger partial charge < -0.3 is 19.7 Å². The van der Waals surface area contributed by atoms with E-state index in [1.54, 1.807) is 12.2 Å². The number of ether oxygens (including phenoxy) is 2. The molecule has 1 aliphatic heterocycles. The number of hydrogen-bond donors (Lipinski definition) is 3.